The van der Waals surface area contributed by atoms with E-state index in [2.05, 4.69) is 9.97 Å². The van der Waals surface area contributed by atoms with Crippen LogP contribution in [0.15, 0.2) is 30.6 Å². The highest BCUT2D eigenvalue weighted by molar-refractivity contribution is 5.64. The first kappa shape index (κ1) is 7.86. The number of benzene rings is 1. The lowest BCUT2D eigenvalue weighted by Crippen LogP contribution is -1.82. The number of phenols is 1. The quantitative estimate of drug-likeness (QED) is 0.695. The number of imidazole rings is 1. The van der Waals surface area contributed by atoms with Crippen LogP contribution in [0.1, 0.15) is 5.56 Å². The van der Waals surface area contributed by atoms with Crippen LogP contribution < -0.4 is 0 Å². The van der Waals surface area contributed by atoms with E-state index in [-0.39, 0.29) is 5.75 Å². The zero-order valence-corrected chi connectivity index (χ0v) is 7.28. The molecule has 13 heavy (non-hydrogen) atoms. The van der Waals surface area contributed by atoms with Gasteiger partial charge in [-0.25, -0.2) is 4.98 Å². The fourth-order valence-electron chi connectivity index (χ4n) is 1.25. The largest absolute Gasteiger partial charge is 0.507 e. The Labute approximate surface area is 76.1 Å². The summed E-state index contributed by atoms with van der Waals surface area (Å²) in [4.78, 5) is 7.02. The van der Waals surface area contributed by atoms with E-state index in [1.54, 1.807) is 18.5 Å². The Kier molecular flexibility index (Phi) is 1.77. The third-order valence-corrected chi connectivity index (χ3v) is 1.91. The van der Waals surface area contributed by atoms with Crippen LogP contribution in [-0.4, -0.2) is 15.1 Å². The molecule has 2 rings (SSSR count). The van der Waals surface area contributed by atoms with E-state index in [1.807, 2.05) is 19.1 Å². The van der Waals surface area contributed by atoms with Crippen molar-refractivity contribution in [2.75, 3.05) is 0 Å². The third-order valence-electron chi connectivity index (χ3n) is 1.91. The molecule has 0 spiro atoms. The van der Waals surface area contributed by atoms with Gasteiger partial charge < -0.3 is 10.1 Å². The number of H-pyrrole nitrogens is 1. The molecule has 0 fully saturated rings. The standard InChI is InChI=1S/C10H10N2O/c1-7-2-3-9(13)8(6-7)10-11-4-5-12-10/h2-6,13H,1H3,(H,11,12). The number of nitrogens with one attached hydrogen (secondary N) is 1. The molecule has 0 unspecified atom stereocenters. The summed E-state index contributed by atoms with van der Waals surface area (Å²) >= 11 is 0. The highest BCUT2D eigenvalue weighted by atomic mass is 16.3. The molecular formula is C10H10N2O. The van der Waals surface area contributed by atoms with Crippen molar-refractivity contribution in [2.24, 2.45) is 0 Å². The predicted octanol–water partition coefficient (Wildman–Crippen LogP) is 2.09. The van der Waals surface area contributed by atoms with Crippen molar-refractivity contribution in [3.63, 3.8) is 0 Å². The average Bonchev–Trinajstić information content (AvgIpc) is 2.61. The SMILES string of the molecule is Cc1ccc(O)c(-c2ncc[nH]2)c1. The topological polar surface area (TPSA) is 48.9 Å². The average molecular weight is 174 g/mol. The van der Waals surface area contributed by atoms with E-state index in [9.17, 15) is 5.11 Å². The summed E-state index contributed by atoms with van der Waals surface area (Å²) in [5, 5.41) is 9.55. The summed E-state index contributed by atoms with van der Waals surface area (Å²) in [6, 6.07) is 5.43. The fraction of sp³-hybridized carbons (Fsp3) is 0.100. The van der Waals surface area contributed by atoms with Gasteiger partial charge in [0.2, 0.25) is 0 Å². The summed E-state index contributed by atoms with van der Waals surface area (Å²) in [7, 11) is 0. The van der Waals surface area contributed by atoms with Gasteiger partial charge in [0.25, 0.3) is 0 Å². The Morgan fingerprint density at radius 1 is 1.38 bits per heavy atom. The van der Waals surface area contributed by atoms with Crippen LogP contribution in [0.2, 0.25) is 0 Å². The van der Waals surface area contributed by atoms with Crippen LogP contribution >= 0.6 is 0 Å². The van der Waals surface area contributed by atoms with Gasteiger partial charge in [0.1, 0.15) is 11.6 Å². The Morgan fingerprint density at radius 3 is 2.92 bits per heavy atom. The second-order valence-corrected chi connectivity index (χ2v) is 2.96. The number of nitrogens with zero attached hydrogens (tertiary/aromatic N) is 1. The van der Waals surface area contributed by atoms with Crippen molar-refractivity contribution in [1.82, 2.24) is 9.97 Å². The molecule has 0 aliphatic rings. The van der Waals surface area contributed by atoms with Gasteiger partial charge in [0.15, 0.2) is 0 Å². The van der Waals surface area contributed by atoms with Crippen LogP contribution in [0.5, 0.6) is 5.75 Å². The smallest absolute Gasteiger partial charge is 0.141 e. The molecule has 0 amide bonds. The van der Waals surface area contributed by atoms with Gasteiger partial charge >= 0.3 is 0 Å². The summed E-state index contributed by atoms with van der Waals surface area (Å²) in [5.41, 5.74) is 1.84. The van der Waals surface area contributed by atoms with E-state index in [0.717, 1.165) is 11.1 Å². The van der Waals surface area contributed by atoms with E-state index in [0.29, 0.717) is 5.82 Å². The molecule has 2 aromatic rings. The van der Waals surface area contributed by atoms with Gasteiger partial charge in [-0.3, -0.25) is 0 Å². The number of aryl methyl sites for hydroxylation is 1. The second-order valence-electron chi connectivity index (χ2n) is 2.96. The number of aromatic nitrogens is 2. The third kappa shape index (κ3) is 1.40. The first-order chi connectivity index (χ1) is 6.27. The maximum atomic E-state index is 9.55. The molecule has 0 aliphatic carbocycles. The summed E-state index contributed by atoms with van der Waals surface area (Å²) < 4.78 is 0. The zero-order valence-electron chi connectivity index (χ0n) is 7.28. The molecule has 0 saturated carbocycles. The fourth-order valence-corrected chi connectivity index (χ4v) is 1.25. The minimum atomic E-state index is 0.251. The highest BCUT2D eigenvalue weighted by Gasteiger charge is 2.05. The van der Waals surface area contributed by atoms with Crippen molar-refractivity contribution in [3.05, 3.63) is 36.2 Å². The molecule has 3 heteroatoms. The van der Waals surface area contributed by atoms with Crippen molar-refractivity contribution in [2.45, 2.75) is 6.92 Å². The van der Waals surface area contributed by atoms with Crippen LogP contribution in [0, 0.1) is 6.92 Å². The number of phenolic OH excluding ortho intramolecular Hbond substituents is 1. The van der Waals surface area contributed by atoms with Gasteiger partial charge in [-0.15, -0.1) is 0 Å². The van der Waals surface area contributed by atoms with Crippen molar-refractivity contribution < 1.29 is 5.11 Å². The van der Waals surface area contributed by atoms with Crippen molar-refractivity contribution in [3.8, 4) is 17.1 Å². The first-order valence-electron chi connectivity index (χ1n) is 4.07. The minimum Gasteiger partial charge on any atom is -0.507 e. The molecule has 0 aliphatic heterocycles. The molecular weight excluding hydrogens is 164 g/mol. The van der Waals surface area contributed by atoms with E-state index in [4.69, 9.17) is 0 Å². The molecule has 66 valence electrons. The van der Waals surface area contributed by atoms with Gasteiger partial charge in [-0.05, 0) is 19.1 Å². The number of aromatic amines is 1. The number of rotatable bonds is 1. The van der Waals surface area contributed by atoms with Crippen molar-refractivity contribution >= 4 is 0 Å². The van der Waals surface area contributed by atoms with Crippen LogP contribution in [-0.2, 0) is 0 Å². The first-order valence-corrected chi connectivity index (χ1v) is 4.07. The lowest BCUT2D eigenvalue weighted by atomic mass is 10.1. The Morgan fingerprint density at radius 2 is 2.23 bits per heavy atom. The molecule has 1 aromatic heterocycles. The van der Waals surface area contributed by atoms with Gasteiger partial charge in [0.05, 0.1) is 5.56 Å². The molecule has 0 saturated heterocycles. The predicted molar refractivity (Wildman–Crippen MR) is 50.4 cm³/mol. The summed E-state index contributed by atoms with van der Waals surface area (Å²) in [6.07, 6.45) is 3.40. The van der Waals surface area contributed by atoms with Crippen LogP contribution in [0.3, 0.4) is 0 Å². The maximum Gasteiger partial charge on any atom is 0.141 e. The monoisotopic (exact) mass is 174 g/mol. The molecule has 0 atom stereocenters. The molecule has 0 radical (unpaired) electrons. The zero-order chi connectivity index (χ0) is 9.26. The van der Waals surface area contributed by atoms with E-state index < -0.39 is 0 Å². The molecule has 2 N–H and O–H groups in total. The number of hydrogen-bond acceptors (Lipinski definition) is 2. The Bertz CT molecular complexity index is 407. The van der Waals surface area contributed by atoms with Gasteiger partial charge in [-0.1, -0.05) is 11.6 Å². The normalized spacial score (nSPS) is 10.2. The molecule has 1 aromatic carbocycles. The minimum absolute atomic E-state index is 0.251. The van der Waals surface area contributed by atoms with E-state index >= 15 is 0 Å². The van der Waals surface area contributed by atoms with E-state index in [1.165, 1.54) is 0 Å². The van der Waals surface area contributed by atoms with Crippen LogP contribution in [0.25, 0.3) is 11.4 Å². The maximum absolute atomic E-state index is 9.55. The second kappa shape index (κ2) is 2.94. The van der Waals surface area contributed by atoms with Gasteiger partial charge in [-0.2, -0.15) is 0 Å². The van der Waals surface area contributed by atoms with Crippen molar-refractivity contribution in [1.29, 1.82) is 0 Å². The molecule has 3 nitrogen and oxygen atoms in total. The Hall–Kier alpha value is -1.77. The number of hydrogen-bond donors (Lipinski definition) is 2. The van der Waals surface area contributed by atoms with Gasteiger partial charge in [0, 0.05) is 12.4 Å². The highest BCUT2D eigenvalue weighted by Crippen LogP contribution is 2.26. The summed E-state index contributed by atoms with van der Waals surface area (Å²) in [6.45, 7) is 1.98. The lowest BCUT2D eigenvalue weighted by molar-refractivity contribution is 0.477. The Balaban J connectivity index is 2.57. The molecule has 0 bridgehead atoms. The lowest BCUT2D eigenvalue weighted by Gasteiger charge is -2.01. The number of aromatic hydroxyl groups is 1. The molecule has 1 heterocycles. The summed E-state index contributed by atoms with van der Waals surface area (Å²) in [5.74, 6) is 0.946. The van der Waals surface area contributed by atoms with Crippen LogP contribution in [0.4, 0.5) is 0 Å².